The lowest BCUT2D eigenvalue weighted by Crippen LogP contribution is -2.05. The number of rotatable bonds is 0. The Hall–Kier alpha value is -0.0400. The van der Waals surface area contributed by atoms with Crippen molar-refractivity contribution >= 4 is 0 Å². The average Bonchev–Trinajstić information content (AvgIpc) is 2.23. The van der Waals surface area contributed by atoms with Crippen LogP contribution in [0.1, 0.15) is 34.1 Å². The van der Waals surface area contributed by atoms with Gasteiger partial charge in [-0.2, -0.15) is 0 Å². The summed E-state index contributed by atoms with van der Waals surface area (Å²) in [6, 6.07) is 0. The summed E-state index contributed by atoms with van der Waals surface area (Å²) in [5.74, 6) is 0.792. The van der Waals surface area contributed by atoms with Gasteiger partial charge in [0.25, 0.3) is 0 Å². The summed E-state index contributed by atoms with van der Waals surface area (Å²) in [4.78, 5) is 0. The largest absolute Gasteiger partial charge is 0.378 e. The van der Waals surface area contributed by atoms with Gasteiger partial charge in [-0.15, -0.1) is 0 Å². The molecule has 56 valence electrons. The Balaban J connectivity index is 0.000000291. The summed E-state index contributed by atoms with van der Waals surface area (Å²) in [5.41, 5.74) is 0. The van der Waals surface area contributed by atoms with Crippen molar-refractivity contribution in [1.29, 1.82) is 0 Å². The number of hydrogen-bond donors (Lipinski definition) is 0. The maximum absolute atomic E-state index is 5.27. The first-order valence-electron chi connectivity index (χ1n) is 3.92. The van der Waals surface area contributed by atoms with E-state index in [-0.39, 0.29) is 0 Å². The van der Waals surface area contributed by atoms with Crippen molar-refractivity contribution in [2.45, 2.75) is 40.2 Å². The molecule has 9 heavy (non-hydrogen) atoms. The van der Waals surface area contributed by atoms with E-state index in [4.69, 9.17) is 4.74 Å². The van der Waals surface area contributed by atoms with Gasteiger partial charge in [-0.1, -0.05) is 20.8 Å². The lowest BCUT2D eigenvalue weighted by atomic mass is 10.1. The minimum absolute atomic E-state index is 0.514. The molecule has 1 aliphatic rings. The van der Waals surface area contributed by atoms with Gasteiger partial charge < -0.3 is 4.74 Å². The van der Waals surface area contributed by atoms with Crippen LogP contribution in [-0.2, 0) is 4.74 Å². The van der Waals surface area contributed by atoms with Crippen LogP contribution in [0.25, 0.3) is 0 Å². The van der Waals surface area contributed by atoms with Gasteiger partial charge in [0.2, 0.25) is 0 Å². The third-order valence-electron chi connectivity index (χ3n) is 1.76. The second kappa shape index (κ2) is 4.80. The SMILES string of the molecule is CC.C[C@@H]1CCO[C@@H]1C. The minimum Gasteiger partial charge on any atom is -0.378 e. The van der Waals surface area contributed by atoms with Crippen LogP contribution in [-0.4, -0.2) is 12.7 Å². The molecule has 0 saturated carbocycles. The molecule has 0 unspecified atom stereocenters. The zero-order valence-electron chi connectivity index (χ0n) is 6.98. The molecule has 2 atom stereocenters. The fraction of sp³-hybridized carbons (Fsp3) is 1.00. The molecule has 1 saturated heterocycles. The summed E-state index contributed by atoms with van der Waals surface area (Å²) in [6.07, 6.45) is 1.77. The van der Waals surface area contributed by atoms with E-state index < -0.39 is 0 Å². The molecule has 1 fully saturated rings. The Morgan fingerprint density at radius 2 is 1.78 bits per heavy atom. The quantitative estimate of drug-likeness (QED) is 0.489. The molecule has 0 bridgehead atoms. The molecule has 0 aliphatic carbocycles. The van der Waals surface area contributed by atoms with Crippen LogP contribution in [0.2, 0.25) is 0 Å². The molecule has 0 amide bonds. The van der Waals surface area contributed by atoms with Crippen LogP contribution >= 0.6 is 0 Å². The van der Waals surface area contributed by atoms with E-state index in [1.54, 1.807) is 0 Å². The van der Waals surface area contributed by atoms with E-state index >= 15 is 0 Å². The van der Waals surface area contributed by atoms with E-state index in [1.165, 1.54) is 6.42 Å². The molecule has 1 aliphatic heterocycles. The maximum Gasteiger partial charge on any atom is 0.0573 e. The summed E-state index contributed by atoms with van der Waals surface area (Å²) in [5, 5.41) is 0. The van der Waals surface area contributed by atoms with Crippen LogP contribution in [0.3, 0.4) is 0 Å². The zero-order valence-corrected chi connectivity index (χ0v) is 6.98. The molecule has 0 radical (unpaired) electrons. The van der Waals surface area contributed by atoms with Gasteiger partial charge in [0.05, 0.1) is 6.10 Å². The molecule has 1 nitrogen and oxygen atoms in total. The second-order valence-corrected chi connectivity index (χ2v) is 2.34. The van der Waals surface area contributed by atoms with Gasteiger partial charge in [-0.25, -0.2) is 0 Å². The van der Waals surface area contributed by atoms with Crippen molar-refractivity contribution in [2.75, 3.05) is 6.61 Å². The van der Waals surface area contributed by atoms with Crippen molar-refractivity contribution in [3.8, 4) is 0 Å². The number of hydrogen-bond acceptors (Lipinski definition) is 1. The Bertz CT molecular complexity index is 53.6. The van der Waals surface area contributed by atoms with Gasteiger partial charge in [0.1, 0.15) is 0 Å². The summed E-state index contributed by atoms with van der Waals surface area (Å²) < 4.78 is 5.27. The highest BCUT2D eigenvalue weighted by molar-refractivity contribution is 4.66. The zero-order chi connectivity index (χ0) is 7.28. The fourth-order valence-electron chi connectivity index (χ4n) is 0.839. The Kier molecular flexibility index (Phi) is 4.78. The first-order chi connectivity index (χ1) is 4.30. The predicted molar refractivity (Wildman–Crippen MR) is 40.5 cm³/mol. The van der Waals surface area contributed by atoms with Crippen LogP contribution in [0, 0.1) is 5.92 Å². The van der Waals surface area contributed by atoms with Crippen LogP contribution in [0.4, 0.5) is 0 Å². The van der Waals surface area contributed by atoms with Gasteiger partial charge in [0, 0.05) is 6.61 Å². The van der Waals surface area contributed by atoms with Crippen molar-refractivity contribution in [1.82, 2.24) is 0 Å². The highest BCUT2D eigenvalue weighted by Crippen LogP contribution is 2.18. The molecule has 0 N–H and O–H groups in total. The fourth-order valence-corrected chi connectivity index (χ4v) is 0.839. The third-order valence-corrected chi connectivity index (χ3v) is 1.76. The summed E-state index contributed by atoms with van der Waals surface area (Å²) in [7, 11) is 0. The van der Waals surface area contributed by atoms with Crippen molar-refractivity contribution in [2.24, 2.45) is 5.92 Å². The topological polar surface area (TPSA) is 9.23 Å². The Labute approximate surface area is 58.4 Å². The van der Waals surface area contributed by atoms with Crippen LogP contribution in [0.15, 0.2) is 0 Å². The molecule has 1 rings (SSSR count). The van der Waals surface area contributed by atoms with Gasteiger partial charge in [-0.05, 0) is 19.3 Å². The van der Waals surface area contributed by atoms with Crippen molar-refractivity contribution in [3.63, 3.8) is 0 Å². The third kappa shape index (κ3) is 2.85. The highest BCUT2D eigenvalue weighted by atomic mass is 16.5. The highest BCUT2D eigenvalue weighted by Gasteiger charge is 2.18. The minimum atomic E-state index is 0.514. The summed E-state index contributed by atoms with van der Waals surface area (Å²) in [6.45, 7) is 9.34. The smallest absolute Gasteiger partial charge is 0.0573 e. The Morgan fingerprint density at radius 1 is 1.22 bits per heavy atom. The number of ether oxygens (including phenoxy) is 1. The molecule has 1 heterocycles. The van der Waals surface area contributed by atoms with Crippen LogP contribution in [0.5, 0.6) is 0 Å². The predicted octanol–water partition coefficient (Wildman–Crippen LogP) is 2.46. The molecule has 1 heteroatoms. The molecular formula is C8H18O. The molecular weight excluding hydrogens is 112 g/mol. The van der Waals surface area contributed by atoms with Crippen LogP contribution < -0.4 is 0 Å². The first kappa shape index (κ1) is 8.96. The lowest BCUT2D eigenvalue weighted by molar-refractivity contribution is 0.109. The molecule has 0 aromatic rings. The van der Waals surface area contributed by atoms with E-state index in [2.05, 4.69) is 13.8 Å². The van der Waals surface area contributed by atoms with E-state index in [9.17, 15) is 0 Å². The van der Waals surface area contributed by atoms with Crippen molar-refractivity contribution < 1.29 is 4.74 Å². The molecule has 0 spiro atoms. The molecule has 0 aromatic carbocycles. The van der Waals surface area contributed by atoms with Gasteiger partial charge >= 0.3 is 0 Å². The lowest BCUT2D eigenvalue weighted by Gasteiger charge is -2.04. The van der Waals surface area contributed by atoms with E-state index in [0.29, 0.717) is 6.10 Å². The normalized spacial score (nSPS) is 33.3. The average molecular weight is 130 g/mol. The van der Waals surface area contributed by atoms with Gasteiger partial charge in [0.15, 0.2) is 0 Å². The van der Waals surface area contributed by atoms with E-state index in [1.807, 2.05) is 13.8 Å². The Morgan fingerprint density at radius 3 is 1.89 bits per heavy atom. The molecule has 0 aromatic heterocycles. The monoisotopic (exact) mass is 130 g/mol. The van der Waals surface area contributed by atoms with E-state index in [0.717, 1.165) is 12.5 Å². The second-order valence-electron chi connectivity index (χ2n) is 2.34. The summed E-state index contributed by atoms with van der Waals surface area (Å²) >= 11 is 0. The standard InChI is InChI=1S/C6H12O.C2H6/c1-5-3-4-7-6(5)2;1-2/h5-6H,3-4H2,1-2H3;1-2H3/t5-,6-;/m1./s1. The first-order valence-corrected chi connectivity index (χ1v) is 3.92. The van der Waals surface area contributed by atoms with Crippen molar-refractivity contribution in [3.05, 3.63) is 0 Å². The van der Waals surface area contributed by atoms with Gasteiger partial charge in [-0.3, -0.25) is 0 Å². The maximum atomic E-state index is 5.27.